The molecular weight excluding hydrogens is 507 g/mol. The smallest absolute Gasteiger partial charge is 0.308 e. The number of aromatic nitrogens is 1. The molecule has 3 aliphatic rings. The first-order valence-corrected chi connectivity index (χ1v) is 14.1. The molecule has 1 amide bonds. The topological polar surface area (TPSA) is 51.1 Å². The summed E-state index contributed by atoms with van der Waals surface area (Å²) in [5, 5.41) is 5.44. The lowest BCUT2D eigenvalue weighted by atomic mass is 9.75. The minimum Gasteiger partial charge on any atom is -0.325 e. The Hall–Kier alpha value is -1.73. The summed E-state index contributed by atoms with van der Waals surface area (Å²) in [5.74, 6) is 1.59. The molecule has 8 heteroatoms. The van der Waals surface area contributed by atoms with Gasteiger partial charge in [0.25, 0.3) is 0 Å². The second-order valence-corrected chi connectivity index (χ2v) is 12.6. The van der Waals surface area contributed by atoms with E-state index in [1.54, 1.807) is 4.57 Å². The largest absolute Gasteiger partial charge is 0.325 e. The van der Waals surface area contributed by atoms with Crippen molar-refractivity contribution in [3.05, 3.63) is 78.2 Å². The Morgan fingerprint density at radius 2 is 1.94 bits per heavy atom. The normalized spacial score (nSPS) is 26.9. The highest BCUT2D eigenvalue weighted by Crippen LogP contribution is 2.64. The van der Waals surface area contributed by atoms with Crippen molar-refractivity contribution in [1.82, 2.24) is 4.57 Å². The molecule has 4 unspecified atom stereocenters. The molecule has 4 nitrogen and oxygen atoms in total. The summed E-state index contributed by atoms with van der Waals surface area (Å²) in [5.41, 5.74) is 2.82. The van der Waals surface area contributed by atoms with Crippen molar-refractivity contribution < 1.29 is 4.79 Å². The van der Waals surface area contributed by atoms with Crippen LogP contribution in [0, 0.1) is 24.7 Å². The molecule has 5 atom stereocenters. The van der Waals surface area contributed by atoms with Crippen LogP contribution in [0.1, 0.15) is 41.2 Å². The first-order chi connectivity index (χ1) is 16.4. The number of carbonyl (C=O) groups is 1. The van der Waals surface area contributed by atoms with Crippen LogP contribution in [-0.4, -0.2) is 15.7 Å². The van der Waals surface area contributed by atoms with E-state index in [1.165, 1.54) is 30.6 Å². The van der Waals surface area contributed by atoms with E-state index in [0.717, 1.165) is 26.7 Å². The fraction of sp³-hybridized carbons (Fsp3) is 0.385. The lowest BCUT2D eigenvalue weighted by Crippen LogP contribution is -2.35. The Morgan fingerprint density at radius 1 is 1.15 bits per heavy atom. The molecule has 3 aromatic rings. The predicted octanol–water partition coefficient (Wildman–Crippen LogP) is 6.82. The van der Waals surface area contributed by atoms with Crippen molar-refractivity contribution in [1.29, 1.82) is 0 Å². The molecule has 34 heavy (non-hydrogen) atoms. The monoisotopic (exact) mass is 530 g/mol. The number of anilines is 1. The summed E-state index contributed by atoms with van der Waals surface area (Å²) in [6.45, 7) is 1.99. The van der Waals surface area contributed by atoms with Gasteiger partial charge in [0.15, 0.2) is 0 Å². The van der Waals surface area contributed by atoms with Crippen molar-refractivity contribution in [3.63, 3.8) is 0 Å². The van der Waals surface area contributed by atoms with Gasteiger partial charge in [0.2, 0.25) is 5.91 Å². The van der Waals surface area contributed by atoms with E-state index in [-0.39, 0.29) is 23.2 Å². The van der Waals surface area contributed by atoms with Gasteiger partial charge in [-0.1, -0.05) is 58.8 Å². The molecule has 1 aromatic heterocycles. The number of benzene rings is 2. The molecule has 2 bridgehead atoms. The number of carbonyl (C=O) groups excluding carboxylic acids is 1. The minimum atomic E-state index is -0.193. The van der Waals surface area contributed by atoms with E-state index >= 15 is 0 Å². The van der Waals surface area contributed by atoms with Crippen molar-refractivity contribution in [2.45, 2.75) is 48.9 Å². The number of amides is 1. The Balaban J connectivity index is 1.40. The molecule has 176 valence electrons. The van der Waals surface area contributed by atoms with Crippen LogP contribution >= 0.6 is 46.3 Å². The maximum Gasteiger partial charge on any atom is 0.308 e. The van der Waals surface area contributed by atoms with Crippen LogP contribution in [0.25, 0.3) is 0 Å². The van der Waals surface area contributed by atoms with Crippen LogP contribution < -0.4 is 10.2 Å². The number of aryl methyl sites for hydroxylation is 1. The van der Waals surface area contributed by atoms with Crippen LogP contribution in [0.15, 0.2) is 52.3 Å². The number of hydrogen-bond donors (Lipinski definition) is 1. The van der Waals surface area contributed by atoms with E-state index < -0.39 is 0 Å². The van der Waals surface area contributed by atoms with Crippen LogP contribution in [0.2, 0.25) is 10.0 Å². The van der Waals surface area contributed by atoms with Gasteiger partial charge in [-0.3, -0.25) is 14.2 Å². The average molecular weight is 532 g/mol. The number of rotatable bonds is 4. The number of nitrogens with one attached hydrogen (secondary N) is 1. The van der Waals surface area contributed by atoms with Crippen LogP contribution in [0.5, 0.6) is 0 Å². The standard InChI is InChI=1S/C26H24Cl2N2O2S2/c1-13-4-2-5-16(10-13)29-19(31)12-30-25-24(34-26(30)32)21(17-6-3-7-18(27)22(17)28)20-14-8-9-15(11-14)23(20)33-25/h2-7,10,14-15,20-21,23H,8-9,11-12H2,1H3,(H,29,31)/t14?,15?,20?,21-,23?/m0/s1. The lowest BCUT2D eigenvalue weighted by molar-refractivity contribution is -0.116. The molecule has 2 aromatic carbocycles. The zero-order chi connectivity index (χ0) is 23.6. The number of fused-ring (bicyclic) bond motifs is 6. The van der Waals surface area contributed by atoms with Crippen molar-refractivity contribution in [2.24, 2.45) is 17.8 Å². The molecule has 1 N–H and O–H groups in total. The number of halogens is 2. The maximum absolute atomic E-state index is 13.2. The quantitative estimate of drug-likeness (QED) is 0.402. The van der Waals surface area contributed by atoms with Gasteiger partial charge in [-0.05, 0) is 73.3 Å². The Kier molecular flexibility index (Phi) is 5.84. The Bertz CT molecular complexity index is 1350. The summed E-state index contributed by atoms with van der Waals surface area (Å²) >= 11 is 16.2. The third-order valence-corrected chi connectivity index (χ3v) is 11.3. The van der Waals surface area contributed by atoms with Crippen LogP contribution in [0.4, 0.5) is 5.69 Å². The molecule has 1 aliphatic heterocycles. The molecule has 2 heterocycles. The zero-order valence-corrected chi connectivity index (χ0v) is 21.7. The van der Waals surface area contributed by atoms with Crippen LogP contribution in [0.3, 0.4) is 0 Å². The third kappa shape index (κ3) is 3.74. The Morgan fingerprint density at radius 3 is 2.76 bits per heavy atom. The first-order valence-electron chi connectivity index (χ1n) is 11.6. The van der Waals surface area contributed by atoms with E-state index in [1.807, 2.05) is 55.1 Å². The highest BCUT2D eigenvalue weighted by Gasteiger charge is 2.55. The summed E-state index contributed by atoms with van der Waals surface area (Å²) in [7, 11) is 0. The van der Waals surface area contributed by atoms with Gasteiger partial charge in [0, 0.05) is 21.7 Å². The van der Waals surface area contributed by atoms with Gasteiger partial charge in [-0.25, -0.2) is 0 Å². The summed E-state index contributed by atoms with van der Waals surface area (Å²) < 4.78 is 1.67. The molecule has 2 saturated carbocycles. The molecule has 2 fully saturated rings. The highest BCUT2D eigenvalue weighted by molar-refractivity contribution is 8.00. The van der Waals surface area contributed by atoms with Gasteiger partial charge >= 0.3 is 4.87 Å². The number of thioether (sulfide) groups is 1. The van der Waals surface area contributed by atoms with Crippen LogP contribution in [-0.2, 0) is 11.3 Å². The SMILES string of the molecule is Cc1cccc(NC(=O)Cn2c3c(sc2=O)[C@@H](c2cccc(Cl)c2Cl)C2C4CCC(C4)C2S3)c1. The lowest BCUT2D eigenvalue weighted by Gasteiger charge is -2.40. The highest BCUT2D eigenvalue weighted by atomic mass is 35.5. The molecule has 6 rings (SSSR count). The van der Waals surface area contributed by atoms with Gasteiger partial charge in [0.1, 0.15) is 6.54 Å². The van der Waals surface area contributed by atoms with E-state index in [9.17, 15) is 9.59 Å². The first kappa shape index (κ1) is 22.7. The third-order valence-electron chi connectivity index (χ3n) is 7.61. The second kappa shape index (κ2) is 8.74. The number of nitrogens with zero attached hydrogens (tertiary/aromatic N) is 1. The van der Waals surface area contributed by atoms with Gasteiger partial charge < -0.3 is 5.32 Å². The second-order valence-electron chi connectivity index (χ2n) is 9.65. The van der Waals surface area contributed by atoms with E-state index in [0.29, 0.717) is 33.0 Å². The molecule has 0 spiro atoms. The minimum absolute atomic E-state index is 0.00703. The summed E-state index contributed by atoms with van der Waals surface area (Å²) in [4.78, 5) is 27.1. The van der Waals surface area contributed by atoms with Gasteiger partial charge in [-0.2, -0.15) is 0 Å². The van der Waals surface area contributed by atoms with Gasteiger partial charge in [-0.15, -0.1) is 11.8 Å². The zero-order valence-electron chi connectivity index (χ0n) is 18.6. The summed E-state index contributed by atoms with van der Waals surface area (Å²) in [6.07, 6.45) is 3.72. The molecule has 0 saturated heterocycles. The molecule has 0 radical (unpaired) electrons. The average Bonchev–Trinajstić information content (AvgIpc) is 3.49. The van der Waals surface area contributed by atoms with Crippen molar-refractivity contribution >= 4 is 57.9 Å². The predicted molar refractivity (Wildman–Crippen MR) is 141 cm³/mol. The number of thiazole rings is 1. The Labute approximate surface area is 216 Å². The maximum atomic E-state index is 13.2. The van der Waals surface area contributed by atoms with Gasteiger partial charge in [0.05, 0.1) is 15.1 Å². The number of hydrogen-bond acceptors (Lipinski definition) is 4. The summed E-state index contributed by atoms with van der Waals surface area (Å²) in [6, 6.07) is 13.5. The van der Waals surface area contributed by atoms with E-state index in [2.05, 4.69) is 11.4 Å². The molecule has 2 aliphatic carbocycles. The van der Waals surface area contributed by atoms with E-state index in [4.69, 9.17) is 23.2 Å². The fourth-order valence-electron chi connectivity index (χ4n) is 6.26. The fourth-order valence-corrected chi connectivity index (χ4v) is 9.83. The van der Waals surface area contributed by atoms with Crippen molar-refractivity contribution in [3.8, 4) is 0 Å². The molecular formula is C26H24Cl2N2O2S2. The van der Waals surface area contributed by atoms with Crippen molar-refractivity contribution in [2.75, 3.05) is 5.32 Å².